The van der Waals surface area contributed by atoms with Gasteiger partial charge in [-0.05, 0) is 30.2 Å². The van der Waals surface area contributed by atoms with Crippen LogP contribution in [0.1, 0.15) is 28.8 Å². The van der Waals surface area contributed by atoms with Gasteiger partial charge in [-0.1, -0.05) is 12.1 Å². The molecule has 0 saturated carbocycles. The van der Waals surface area contributed by atoms with E-state index < -0.39 is 5.97 Å². The first kappa shape index (κ1) is 17.9. The Kier molecular flexibility index (Phi) is 5.80. The average Bonchev–Trinajstić information content (AvgIpc) is 3.14. The van der Waals surface area contributed by atoms with E-state index in [1.807, 2.05) is 0 Å². The van der Waals surface area contributed by atoms with Gasteiger partial charge in [-0.2, -0.15) is 0 Å². The first-order chi connectivity index (χ1) is 12.6. The number of hydrogen-bond acceptors (Lipinski definition) is 5. The summed E-state index contributed by atoms with van der Waals surface area (Å²) < 4.78 is 11.0. The van der Waals surface area contributed by atoms with Crippen molar-refractivity contribution >= 4 is 17.6 Å². The zero-order valence-electron chi connectivity index (χ0n) is 14.2. The summed E-state index contributed by atoms with van der Waals surface area (Å²) in [7, 11) is 0. The van der Waals surface area contributed by atoms with Crippen LogP contribution in [-0.4, -0.2) is 41.3 Å². The van der Waals surface area contributed by atoms with Gasteiger partial charge in [0.15, 0.2) is 0 Å². The number of nitrogens with one attached hydrogen (secondary N) is 1. The molecule has 1 aromatic heterocycles. The smallest absolute Gasteiger partial charge is 0.303 e. The minimum atomic E-state index is -0.831. The van der Waals surface area contributed by atoms with Gasteiger partial charge in [0.1, 0.15) is 6.10 Å². The van der Waals surface area contributed by atoms with E-state index in [0.29, 0.717) is 36.8 Å². The third-order valence-corrected chi connectivity index (χ3v) is 4.01. The molecule has 7 heteroatoms. The molecule has 1 unspecified atom stereocenters. The summed E-state index contributed by atoms with van der Waals surface area (Å²) in [5.41, 5.74) is 1.99. The molecule has 1 atom stereocenters. The Balaban J connectivity index is 1.59. The highest BCUT2D eigenvalue weighted by Crippen LogP contribution is 2.17. The monoisotopic (exact) mass is 356 g/mol. The predicted octanol–water partition coefficient (Wildman–Crippen LogP) is 2.52. The fourth-order valence-electron chi connectivity index (χ4n) is 2.60. The van der Waals surface area contributed by atoms with Crippen molar-refractivity contribution in [2.45, 2.75) is 25.4 Å². The van der Waals surface area contributed by atoms with Crippen LogP contribution in [-0.2, 0) is 16.0 Å². The molecule has 2 N–H and O–H groups in total. The lowest BCUT2D eigenvalue weighted by atomic mass is 10.1. The number of aromatic nitrogens is 1. The normalized spacial score (nSPS) is 16.2. The zero-order chi connectivity index (χ0) is 18.4. The molecule has 1 aliphatic heterocycles. The van der Waals surface area contributed by atoms with Crippen molar-refractivity contribution in [1.82, 2.24) is 4.98 Å². The second kappa shape index (κ2) is 8.44. The van der Waals surface area contributed by atoms with Crippen LogP contribution in [0.5, 0.6) is 5.88 Å². The van der Waals surface area contributed by atoms with E-state index in [1.165, 1.54) is 6.20 Å². The summed E-state index contributed by atoms with van der Waals surface area (Å²) in [6, 6.07) is 10.3. The maximum Gasteiger partial charge on any atom is 0.303 e. The molecule has 1 fully saturated rings. The highest BCUT2D eigenvalue weighted by atomic mass is 16.5. The molecule has 1 aromatic carbocycles. The van der Waals surface area contributed by atoms with Gasteiger partial charge in [-0.25, -0.2) is 4.98 Å². The summed E-state index contributed by atoms with van der Waals surface area (Å²) in [6.45, 7) is 1.21. The van der Waals surface area contributed by atoms with Crippen LogP contribution in [0.25, 0.3) is 0 Å². The van der Waals surface area contributed by atoms with Crippen molar-refractivity contribution in [3.63, 3.8) is 0 Å². The van der Waals surface area contributed by atoms with Crippen molar-refractivity contribution in [3.8, 4) is 5.88 Å². The quantitative estimate of drug-likeness (QED) is 0.791. The molecule has 1 saturated heterocycles. The maximum absolute atomic E-state index is 12.4. The van der Waals surface area contributed by atoms with Gasteiger partial charge in [0.05, 0.1) is 13.2 Å². The number of benzene rings is 1. The molecule has 0 aliphatic carbocycles. The molecule has 2 heterocycles. The van der Waals surface area contributed by atoms with Gasteiger partial charge in [-0.15, -0.1) is 0 Å². The number of hydrogen-bond donors (Lipinski definition) is 2. The number of ether oxygens (including phenoxy) is 2. The number of amides is 1. The summed E-state index contributed by atoms with van der Waals surface area (Å²) in [5, 5.41) is 11.5. The fraction of sp³-hybridized carbons (Fsp3) is 0.316. The van der Waals surface area contributed by atoms with Gasteiger partial charge in [-0.3, -0.25) is 9.59 Å². The molecule has 2 aromatic rings. The third-order valence-electron chi connectivity index (χ3n) is 4.01. The number of carbonyl (C=O) groups is 2. The molecule has 3 rings (SSSR count). The minimum absolute atomic E-state index is 0.0286. The average molecular weight is 356 g/mol. The molecule has 1 amide bonds. The highest BCUT2D eigenvalue weighted by molar-refractivity contribution is 6.04. The standard InChI is InChI=1S/C19H20N2O5/c22-18(23)6-3-13-1-4-15(5-2-13)21-19(24)14-7-9-20-17(11-14)26-16-8-10-25-12-16/h1-2,4-5,7,9,11,16H,3,6,8,10,12H2,(H,21,24)(H,22,23). The van der Waals surface area contributed by atoms with Crippen LogP contribution in [0, 0.1) is 0 Å². The Morgan fingerprint density at radius 2 is 2.08 bits per heavy atom. The summed E-state index contributed by atoms with van der Waals surface area (Å²) in [5.74, 6) is -0.697. The maximum atomic E-state index is 12.4. The van der Waals surface area contributed by atoms with Gasteiger partial charge >= 0.3 is 5.97 Å². The lowest BCUT2D eigenvalue weighted by Gasteiger charge is -2.11. The summed E-state index contributed by atoms with van der Waals surface area (Å²) in [6.07, 6.45) is 2.86. The first-order valence-electron chi connectivity index (χ1n) is 8.43. The van der Waals surface area contributed by atoms with Crippen LogP contribution in [0.2, 0.25) is 0 Å². The first-order valence-corrected chi connectivity index (χ1v) is 8.43. The van der Waals surface area contributed by atoms with Crippen LogP contribution >= 0.6 is 0 Å². The number of anilines is 1. The predicted molar refractivity (Wildman–Crippen MR) is 94.4 cm³/mol. The number of rotatable bonds is 7. The van der Waals surface area contributed by atoms with E-state index in [-0.39, 0.29) is 18.4 Å². The molecular formula is C19H20N2O5. The Labute approximate surface area is 151 Å². The summed E-state index contributed by atoms with van der Waals surface area (Å²) in [4.78, 5) is 27.1. The van der Waals surface area contributed by atoms with E-state index in [4.69, 9.17) is 14.6 Å². The molecule has 7 nitrogen and oxygen atoms in total. The van der Waals surface area contributed by atoms with Crippen molar-refractivity contribution in [3.05, 3.63) is 53.7 Å². The Morgan fingerprint density at radius 3 is 2.77 bits per heavy atom. The third kappa shape index (κ3) is 5.03. The number of carboxylic acids is 1. The number of carboxylic acid groups (broad SMARTS) is 1. The number of pyridine rings is 1. The van der Waals surface area contributed by atoms with E-state index in [1.54, 1.807) is 36.4 Å². The molecular weight excluding hydrogens is 336 g/mol. The van der Waals surface area contributed by atoms with Crippen LogP contribution in [0.4, 0.5) is 5.69 Å². The fourth-order valence-corrected chi connectivity index (χ4v) is 2.60. The molecule has 0 radical (unpaired) electrons. The largest absolute Gasteiger partial charge is 0.481 e. The van der Waals surface area contributed by atoms with Crippen molar-refractivity contribution in [2.75, 3.05) is 18.5 Å². The zero-order valence-corrected chi connectivity index (χ0v) is 14.2. The van der Waals surface area contributed by atoms with Gasteiger partial charge in [0, 0.05) is 36.4 Å². The van der Waals surface area contributed by atoms with Crippen molar-refractivity contribution in [1.29, 1.82) is 0 Å². The van der Waals surface area contributed by atoms with E-state index in [2.05, 4.69) is 10.3 Å². The Bertz CT molecular complexity index is 770. The van der Waals surface area contributed by atoms with Crippen molar-refractivity contribution in [2.24, 2.45) is 0 Å². The lowest BCUT2D eigenvalue weighted by molar-refractivity contribution is -0.136. The van der Waals surface area contributed by atoms with E-state index in [9.17, 15) is 9.59 Å². The Morgan fingerprint density at radius 1 is 1.27 bits per heavy atom. The number of carbonyl (C=O) groups excluding carboxylic acids is 1. The van der Waals surface area contributed by atoms with Crippen LogP contribution in [0.3, 0.4) is 0 Å². The number of nitrogens with zero attached hydrogens (tertiary/aromatic N) is 1. The van der Waals surface area contributed by atoms with Gasteiger partial charge in [0.2, 0.25) is 5.88 Å². The van der Waals surface area contributed by atoms with E-state index >= 15 is 0 Å². The topological polar surface area (TPSA) is 97.8 Å². The minimum Gasteiger partial charge on any atom is -0.481 e. The van der Waals surface area contributed by atoms with Crippen LogP contribution < -0.4 is 10.1 Å². The number of aryl methyl sites for hydroxylation is 1. The molecule has 136 valence electrons. The lowest BCUT2D eigenvalue weighted by Crippen LogP contribution is -2.17. The van der Waals surface area contributed by atoms with Crippen LogP contribution in [0.15, 0.2) is 42.6 Å². The second-order valence-corrected chi connectivity index (χ2v) is 6.03. The SMILES string of the molecule is O=C(O)CCc1ccc(NC(=O)c2ccnc(OC3CCOC3)c2)cc1. The molecule has 26 heavy (non-hydrogen) atoms. The second-order valence-electron chi connectivity index (χ2n) is 6.03. The highest BCUT2D eigenvalue weighted by Gasteiger charge is 2.18. The molecule has 0 spiro atoms. The Hall–Kier alpha value is -2.93. The molecule has 1 aliphatic rings. The molecule has 0 bridgehead atoms. The van der Waals surface area contributed by atoms with Gasteiger partial charge < -0.3 is 19.9 Å². The summed E-state index contributed by atoms with van der Waals surface area (Å²) >= 11 is 0. The van der Waals surface area contributed by atoms with E-state index in [0.717, 1.165) is 12.0 Å². The van der Waals surface area contributed by atoms with Gasteiger partial charge in [0.25, 0.3) is 5.91 Å². The number of aliphatic carboxylic acids is 1. The van der Waals surface area contributed by atoms with Crippen molar-refractivity contribution < 1.29 is 24.2 Å².